The van der Waals surface area contributed by atoms with Crippen LogP contribution in [-0.2, 0) is 4.79 Å². The third-order valence-corrected chi connectivity index (χ3v) is 4.08. The van der Waals surface area contributed by atoms with E-state index in [1.165, 1.54) is 14.2 Å². The SMILES string of the molecule is COc1ccc(OC)c(NC(=S)N2CCC(NC(=O)C(F)(F)F)C2)c1. The Hall–Kier alpha value is -2.23. The van der Waals surface area contributed by atoms with Crippen LogP contribution in [0.15, 0.2) is 18.2 Å². The van der Waals surface area contributed by atoms with Gasteiger partial charge in [-0.1, -0.05) is 0 Å². The fourth-order valence-corrected chi connectivity index (χ4v) is 2.71. The lowest BCUT2D eigenvalue weighted by atomic mass is 10.2. The molecule has 1 saturated heterocycles. The molecule has 10 heteroatoms. The molecule has 0 aromatic heterocycles. The second-order valence-corrected chi connectivity index (χ2v) is 5.79. The predicted octanol–water partition coefficient (Wildman–Crippen LogP) is 2.15. The van der Waals surface area contributed by atoms with Gasteiger partial charge < -0.3 is 25.0 Å². The van der Waals surface area contributed by atoms with Crippen molar-refractivity contribution < 1.29 is 27.4 Å². The van der Waals surface area contributed by atoms with Gasteiger partial charge in [-0.3, -0.25) is 4.79 Å². The number of rotatable bonds is 4. The van der Waals surface area contributed by atoms with E-state index in [-0.39, 0.29) is 6.54 Å². The molecule has 138 valence electrons. The second kappa shape index (κ2) is 7.77. The summed E-state index contributed by atoms with van der Waals surface area (Å²) in [5.41, 5.74) is 0.578. The van der Waals surface area contributed by atoms with E-state index in [1.54, 1.807) is 23.1 Å². The van der Waals surface area contributed by atoms with Gasteiger partial charge in [-0.15, -0.1) is 0 Å². The molecule has 1 unspecified atom stereocenters. The standard InChI is InChI=1S/C15H18F3N3O3S/c1-23-10-3-4-12(24-2)11(7-10)20-14(25)21-6-5-9(8-21)19-13(22)15(16,17)18/h3-4,7,9H,5-6,8H2,1-2H3,(H,19,22)(H,20,25). The lowest BCUT2D eigenvalue weighted by Gasteiger charge is -2.22. The molecule has 1 aliphatic heterocycles. The number of carbonyl (C=O) groups is 1. The van der Waals surface area contributed by atoms with E-state index >= 15 is 0 Å². The van der Waals surface area contributed by atoms with Crippen molar-refractivity contribution in [3.8, 4) is 11.5 Å². The van der Waals surface area contributed by atoms with Gasteiger partial charge in [-0.2, -0.15) is 13.2 Å². The summed E-state index contributed by atoms with van der Waals surface area (Å²) >= 11 is 5.31. The zero-order chi connectivity index (χ0) is 18.6. The second-order valence-electron chi connectivity index (χ2n) is 5.40. The van der Waals surface area contributed by atoms with Crippen LogP contribution >= 0.6 is 12.2 Å². The van der Waals surface area contributed by atoms with Crippen LogP contribution in [0.1, 0.15) is 6.42 Å². The Labute approximate surface area is 148 Å². The Morgan fingerprint density at radius 3 is 2.64 bits per heavy atom. The van der Waals surface area contributed by atoms with E-state index in [4.69, 9.17) is 21.7 Å². The topological polar surface area (TPSA) is 62.8 Å². The molecule has 0 spiro atoms. The van der Waals surface area contributed by atoms with Crippen LogP contribution in [-0.4, -0.2) is 55.4 Å². The van der Waals surface area contributed by atoms with Crippen LogP contribution in [0, 0.1) is 0 Å². The summed E-state index contributed by atoms with van der Waals surface area (Å²) in [4.78, 5) is 12.7. The molecule has 2 rings (SSSR count). The average Bonchev–Trinajstić information content (AvgIpc) is 3.02. The summed E-state index contributed by atoms with van der Waals surface area (Å²) < 4.78 is 47.3. The zero-order valence-corrected chi connectivity index (χ0v) is 14.5. The van der Waals surface area contributed by atoms with Crippen LogP contribution in [0.4, 0.5) is 18.9 Å². The fourth-order valence-electron chi connectivity index (χ4n) is 2.44. The molecule has 0 aliphatic carbocycles. The van der Waals surface area contributed by atoms with Crippen LogP contribution in [0.25, 0.3) is 0 Å². The average molecular weight is 377 g/mol. The number of amides is 1. The number of nitrogens with one attached hydrogen (secondary N) is 2. The van der Waals surface area contributed by atoms with E-state index in [2.05, 4.69) is 5.32 Å². The molecule has 1 atom stereocenters. The first-order valence-corrected chi connectivity index (χ1v) is 7.81. The first-order chi connectivity index (χ1) is 11.7. The Morgan fingerprint density at radius 1 is 1.32 bits per heavy atom. The third-order valence-electron chi connectivity index (χ3n) is 3.72. The summed E-state index contributed by atoms with van der Waals surface area (Å²) in [6.45, 7) is 0.626. The van der Waals surface area contributed by atoms with E-state index in [0.717, 1.165) is 0 Å². The van der Waals surface area contributed by atoms with Gasteiger partial charge >= 0.3 is 12.1 Å². The molecule has 1 heterocycles. The molecule has 1 aromatic rings. The Bertz CT molecular complexity index is 655. The molecule has 1 aromatic carbocycles. The van der Waals surface area contributed by atoms with Crippen molar-refractivity contribution in [3.05, 3.63) is 18.2 Å². The molecule has 0 saturated carbocycles. The molecular weight excluding hydrogens is 359 g/mol. The number of nitrogens with zero attached hydrogens (tertiary/aromatic N) is 1. The number of thiocarbonyl (C=S) groups is 1. The maximum atomic E-state index is 12.3. The number of alkyl halides is 3. The smallest absolute Gasteiger partial charge is 0.471 e. The maximum absolute atomic E-state index is 12.3. The minimum atomic E-state index is -4.89. The van der Waals surface area contributed by atoms with Crippen LogP contribution in [0.2, 0.25) is 0 Å². The number of ether oxygens (including phenoxy) is 2. The Balaban J connectivity index is 1.98. The van der Waals surface area contributed by atoms with Crippen molar-refractivity contribution in [1.82, 2.24) is 10.2 Å². The summed E-state index contributed by atoms with van der Waals surface area (Å²) in [6, 6.07) is 4.52. The molecule has 1 aliphatic rings. The monoisotopic (exact) mass is 377 g/mol. The van der Waals surface area contributed by atoms with Gasteiger partial charge in [-0.05, 0) is 30.8 Å². The van der Waals surface area contributed by atoms with Crippen molar-refractivity contribution in [2.24, 2.45) is 0 Å². The van der Waals surface area contributed by atoms with Crippen LogP contribution in [0.3, 0.4) is 0 Å². The minimum Gasteiger partial charge on any atom is -0.497 e. The number of likely N-dealkylation sites (tertiary alicyclic amines) is 1. The minimum absolute atomic E-state index is 0.194. The van der Waals surface area contributed by atoms with Crippen molar-refractivity contribution >= 4 is 28.9 Å². The third kappa shape index (κ3) is 4.88. The maximum Gasteiger partial charge on any atom is 0.471 e. The van der Waals surface area contributed by atoms with Crippen molar-refractivity contribution in [1.29, 1.82) is 0 Å². The summed E-state index contributed by atoms with van der Waals surface area (Å²) in [5.74, 6) is -0.792. The van der Waals surface area contributed by atoms with Crippen molar-refractivity contribution in [2.75, 3.05) is 32.6 Å². The fraction of sp³-hybridized carbons (Fsp3) is 0.467. The summed E-state index contributed by atoms with van der Waals surface area (Å²) in [7, 11) is 3.03. The van der Waals surface area contributed by atoms with Crippen molar-refractivity contribution in [2.45, 2.75) is 18.6 Å². The van der Waals surface area contributed by atoms with Crippen LogP contribution < -0.4 is 20.1 Å². The Kier molecular flexibility index (Phi) is 5.93. The molecular formula is C15H18F3N3O3S. The number of hydrogen-bond acceptors (Lipinski definition) is 4. The van der Waals surface area contributed by atoms with Gasteiger partial charge in [-0.25, -0.2) is 0 Å². The lowest BCUT2D eigenvalue weighted by molar-refractivity contribution is -0.174. The van der Waals surface area contributed by atoms with Gasteiger partial charge in [0.15, 0.2) is 5.11 Å². The number of methoxy groups -OCH3 is 2. The molecule has 25 heavy (non-hydrogen) atoms. The predicted molar refractivity (Wildman–Crippen MR) is 89.9 cm³/mol. The molecule has 6 nitrogen and oxygen atoms in total. The molecule has 2 N–H and O–H groups in total. The lowest BCUT2D eigenvalue weighted by Crippen LogP contribution is -2.45. The highest BCUT2D eigenvalue weighted by molar-refractivity contribution is 7.80. The molecule has 1 fully saturated rings. The highest BCUT2D eigenvalue weighted by atomic mass is 32.1. The van der Waals surface area contributed by atoms with Gasteiger partial charge in [0.05, 0.1) is 19.9 Å². The summed E-state index contributed by atoms with van der Waals surface area (Å²) in [6.07, 6.45) is -4.51. The normalized spacial score (nSPS) is 17.2. The zero-order valence-electron chi connectivity index (χ0n) is 13.6. The number of anilines is 1. The molecule has 1 amide bonds. The first-order valence-electron chi connectivity index (χ1n) is 7.40. The van der Waals surface area contributed by atoms with E-state index in [9.17, 15) is 18.0 Å². The van der Waals surface area contributed by atoms with Gasteiger partial charge in [0.1, 0.15) is 11.5 Å². The van der Waals surface area contributed by atoms with Crippen LogP contribution in [0.5, 0.6) is 11.5 Å². The largest absolute Gasteiger partial charge is 0.497 e. The quantitative estimate of drug-likeness (QED) is 0.784. The molecule has 0 radical (unpaired) electrons. The number of hydrogen-bond donors (Lipinski definition) is 2. The highest BCUT2D eigenvalue weighted by Crippen LogP contribution is 2.29. The van der Waals surface area contributed by atoms with Crippen molar-refractivity contribution in [3.63, 3.8) is 0 Å². The number of halogens is 3. The number of benzene rings is 1. The first kappa shape index (κ1) is 19.1. The van der Waals surface area contributed by atoms with Gasteiger partial charge in [0.2, 0.25) is 0 Å². The van der Waals surface area contributed by atoms with E-state index in [0.29, 0.717) is 35.3 Å². The highest BCUT2D eigenvalue weighted by Gasteiger charge is 2.40. The van der Waals surface area contributed by atoms with E-state index in [1.807, 2.05) is 5.32 Å². The number of carbonyl (C=O) groups excluding carboxylic acids is 1. The van der Waals surface area contributed by atoms with Gasteiger partial charge in [0, 0.05) is 25.2 Å². The van der Waals surface area contributed by atoms with E-state index < -0.39 is 18.1 Å². The summed E-state index contributed by atoms with van der Waals surface area (Å²) in [5, 5.41) is 5.30. The molecule has 0 bridgehead atoms. The van der Waals surface area contributed by atoms with Gasteiger partial charge in [0.25, 0.3) is 0 Å². The Morgan fingerprint density at radius 2 is 2.04 bits per heavy atom.